The van der Waals surface area contributed by atoms with Crippen LogP contribution in [0.5, 0.6) is 0 Å². The second kappa shape index (κ2) is 8.29. The van der Waals surface area contributed by atoms with Crippen molar-refractivity contribution in [3.63, 3.8) is 0 Å². The molecule has 0 saturated carbocycles. The van der Waals surface area contributed by atoms with Crippen molar-refractivity contribution in [1.82, 2.24) is 14.3 Å². The third-order valence-electron chi connectivity index (χ3n) is 5.74. The van der Waals surface area contributed by atoms with Crippen LogP contribution in [0.25, 0.3) is 4.96 Å². The van der Waals surface area contributed by atoms with E-state index in [4.69, 9.17) is 0 Å². The maximum atomic E-state index is 13.5. The molecule has 0 unspecified atom stereocenters. The molecule has 1 saturated heterocycles. The molecule has 1 fully saturated rings. The molecule has 0 aliphatic carbocycles. The Balaban J connectivity index is 1.42. The number of nitrogens with zero attached hydrogens (tertiary/aromatic N) is 5. The Morgan fingerprint density at radius 1 is 0.938 bits per heavy atom. The average molecular weight is 455 g/mol. The summed E-state index contributed by atoms with van der Waals surface area (Å²) >= 11 is 1.36. The molecule has 0 radical (unpaired) electrons. The van der Waals surface area contributed by atoms with Crippen molar-refractivity contribution in [3.8, 4) is 0 Å². The van der Waals surface area contributed by atoms with Crippen LogP contribution in [0.4, 0.5) is 20.4 Å². The summed E-state index contributed by atoms with van der Waals surface area (Å²) in [6.45, 7) is 2.32. The van der Waals surface area contributed by atoms with Crippen LogP contribution in [0.3, 0.4) is 0 Å². The summed E-state index contributed by atoms with van der Waals surface area (Å²) in [5.41, 5.74) is 1.81. The number of rotatable bonds is 5. The van der Waals surface area contributed by atoms with Crippen LogP contribution in [-0.2, 0) is 0 Å². The average Bonchev–Trinajstić information content (AvgIpc) is 3.38. The van der Waals surface area contributed by atoms with Gasteiger partial charge in [-0.3, -0.25) is 4.90 Å². The van der Waals surface area contributed by atoms with Crippen molar-refractivity contribution in [3.05, 3.63) is 93.0 Å². The molecule has 3 heterocycles. The Hall–Kier alpha value is -3.37. The summed E-state index contributed by atoms with van der Waals surface area (Å²) < 4.78 is 28.5. The van der Waals surface area contributed by atoms with E-state index in [1.54, 1.807) is 35.8 Å². The smallest absolute Gasteiger partial charge is 0.358 e. The standard InChI is InChI=1S/C22H19F2N5O2S/c23-17-5-1-15(2-6-17)19(16-3-7-18(24)8-4-16)26-9-11-27(12-10-26)20-21(29(30)31)28-13-14-32-22(28)25-20/h1-8,13-14,19H,9-12H2. The first-order chi connectivity index (χ1) is 15.5. The van der Waals surface area contributed by atoms with E-state index in [0.717, 1.165) is 11.1 Å². The molecule has 0 amide bonds. The quantitative estimate of drug-likeness (QED) is 0.328. The fourth-order valence-corrected chi connectivity index (χ4v) is 4.94. The van der Waals surface area contributed by atoms with Gasteiger partial charge in [0.15, 0.2) is 0 Å². The first-order valence-electron chi connectivity index (χ1n) is 10.1. The molecular weight excluding hydrogens is 436 g/mol. The zero-order chi connectivity index (χ0) is 22.2. The monoisotopic (exact) mass is 455 g/mol. The molecule has 7 nitrogen and oxygen atoms in total. The lowest BCUT2D eigenvalue weighted by molar-refractivity contribution is -0.389. The van der Waals surface area contributed by atoms with Crippen molar-refractivity contribution in [2.24, 2.45) is 0 Å². The Labute approximate surface area is 186 Å². The second-order valence-electron chi connectivity index (χ2n) is 7.60. The minimum absolute atomic E-state index is 0.0247. The highest BCUT2D eigenvalue weighted by molar-refractivity contribution is 7.15. The number of benzene rings is 2. The van der Waals surface area contributed by atoms with E-state index in [2.05, 4.69) is 9.88 Å². The van der Waals surface area contributed by atoms with Crippen molar-refractivity contribution in [1.29, 1.82) is 0 Å². The number of imidazole rings is 1. The van der Waals surface area contributed by atoms with Gasteiger partial charge in [-0.25, -0.2) is 8.78 Å². The highest BCUT2D eigenvalue weighted by Crippen LogP contribution is 2.34. The minimum atomic E-state index is -0.395. The Morgan fingerprint density at radius 2 is 1.50 bits per heavy atom. The molecule has 0 atom stereocenters. The molecule has 164 valence electrons. The molecule has 2 aromatic heterocycles. The molecular formula is C22H19F2N5O2S. The van der Waals surface area contributed by atoms with Gasteiger partial charge in [-0.1, -0.05) is 35.6 Å². The Morgan fingerprint density at radius 3 is 2.03 bits per heavy atom. The van der Waals surface area contributed by atoms with E-state index >= 15 is 0 Å². The fourth-order valence-electron chi connectivity index (χ4n) is 4.24. The maximum Gasteiger partial charge on any atom is 0.373 e. The fraction of sp³-hybridized carbons (Fsp3) is 0.227. The molecule has 4 aromatic rings. The Bertz CT molecular complexity index is 1200. The molecule has 2 aromatic carbocycles. The van der Waals surface area contributed by atoms with Crippen LogP contribution in [-0.4, -0.2) is 45.4 Å². The molecule has 10 heteroatoms. The molecule has 0 spiro atoms. The van der Waals surface area contributed by atoms with Gasteiger partial charge in [-0.15, -0.1) is 0 Å². The largest absolute Gasteiger partial charge is 0.373 e. The van der Waals surface area contributed by atoms with E-state index < -0.39 is 4.92 Å². The van der Waals surface area contributed by atoms with Crippen molar-refractivity contribution in [2.75, 3.05) is 31.1 Å². The SMILES string of the molecule is O=[N+]([O-])c1c(N2CCN(C(c3ccc(F)cc3)c3ccc(F)cc3)CC2)nc2sccn12. The van der Waals surface area contributed by atoms with Crippen molar-refractivity contribution in [2.45, 2.75) is 6.04 Å². The number of thiazole rings is 1. The second-order valence-corrected chi connectivity index (χ2v) is 8.47. The predicted octanol–water partition coefficient (Wildman–Crippen LogP) is 4.49. The predicted molar refractivity (Wildman–Crippen MR) is 118 cm³/mol. The van der Waals surface area contributed by atoms with E-state index in [1.807, 2.05) is 4.90 Å². The van der Waals surface area contributed by atoms with Crippen LogP contribution < -0.4 is 4.90 Å². The van der Waals surface area contributed by atoms with E-state index in [1.165, 1.54) is 40.0 Å². The molecule has 32 heavy (non-hydrogen) atoms. The number of piperazine rings is 1. The first-order valence-corrected chi connectivity index (χ1v) is 11.0. The number of halogens is 2. The number of fused-ring (bicyclic) bond motifs is 1. The Kier molecular flexibility index (Phi) is 5.32. The molecule has 5 rings (SSSR count). The third kappa shape index (κ3) is 3.71. The zero-order valence-corrected chi connectivity index (χ0v) is 17.7. The summed E-state index contributed by atoms with van der Waals surface area (Å²) in [6.07, 6.45) is 1.66. The van der Waals surface area contributed by atoms with Crippen LogP contribution in [0, 0.1) is 21.7 Å². The van der Waals surface area contributed by atoms with E-state index in [-0.39, 0.29) is 23.5 Å². The van der Waals surface area contributed by atoms with Gasteiger partial charge in [-0.05, 0) is 40.3 Å². The zero-order valence-electron chi connectivity index (χ0n) is 16.9. The first kappa shape index (κ1) is 20.5. The van der Waals surface area contributed by atoms with Gasteiger partial charge in [-0.2, -0.15) is 9.38 Å². The van der Waals surface area contributed by atoms with Gasteiger partial charge >= 0.3 is 5.82 Å². The summed E-state index contributed by atoms with van der Waals surface area (Å²) in [6, 6.07) is 12.5. The van der Waals surface area contributed by atoms with Crippen molar-refractivity contribution < 1.29 is 13.7 Å². The number of hydrogen-bond donors (Lipinski definition) is 0. The lowest BCUT2D eigenvalue weighted by Gasteiger charge is -2.39. The van der Waals surface area contributed by atoms with Crippen molar-refractivity contribution >= 4 is 27.9 Å². The highest BCUT2D eigenvalue weighted by Gasteiger charge is 2.32. The van der Waals surface area contributed by atoms with Gasteiger partial charge in [0.25, 0.3) is 4.96 Å². The third-order valence-corrected chi connectivity index (χ3v) is 6.50. The summed E-state index contributed by atoms with van der Waals surface area (Å²) in [7, 11) is 0. The maximum absolute atomic E-state index is 13.5. The molecule has 0 N–H and O–H groups in total. The van der Waals surface area contributed by atoms with Gasteiger partial charge in [0.2, 0.25) is 5.82 Å². The van der Waals surface area contributed by atoms with Crippen LogP contribution in [0.1, 0.15) is 17.2 Å². The summed E-state index contributed by atoms with van der Waals surface area (Å²) in [5, 5.41) is 13.5. The number of hydrogen-bond acceptors (Lipinski definition) is 6. The molecule has 0 bridgehead atoms. The topological polar surface area (TPSA) is 66.9 Å². The molecule has 1 aliphatic rings. The summed E-state index contributed by atoms with van der Waals surface area (Å²) in [4.78, 5) is 20.5. The van der Waals surface area contributed by atoms with Crippen LogP contribution in [0.2, 0.25) is 0 Å². The number of anilines is 1. The van der Waals surface area contributed by atoms with E-state index in [0.29, 0.717) is 37.0 Å². The number of nitro groups is 1. The van der Waals surface area contributed by atoms with Gasteiger partial charge in [0, 0.05) is 31.6 Å². The lowest BCUT2D eigenvalue weighted by Crippen LogP contribution is -2.48. The van der Waals surface area contributed by atoms with Gasteiger partial charge < -0.3 is 15.0 Å². The van der Waals surface area contributed by atoms with E-state index in [9.17, 15) is 18.9 Å². The van der Waals surface area contributed by atoms with Crippen LogP contribution in [0.15, 0.2) is 60.1 Å². The normalized spacial score (nSPS) is 15.0. The molecule has 1 aliphatic heterocycles. The number of aromatic nitrogens is 2. The van der Waals surface area contributed by atoms with Gasteiger partial charge in [0.05, 0.1) is 6.04 Å². The van der Waals surface area contributed by atoms with Crippen LogP contribution >= 0.6 is 11.3 Å². The minimum Gasteiger partial charge on any atom is -0.358 e. The van der Waals surface area contributed by atoms with Gasteiger partial charge in [0.1, 0.15) is 17.8 Å². The highest BCUT2D eigenvalue weighted by atomic mass is 32.1. The summed E-state index contributed by atoms with van der Waals surface area (Å²) in [5.74, 6) is -0.281. The lowest BCUT2D eigenvalue weighted by atomic mass is 9.96.